The third-order valence-electron chi connectivity index (χ3n) is 4.24. The first-order valence-electron chi connectivity index (χ1n) is 7.34. The lowest BCUT2D eigenvalue weighted by Gasteiger charge is -2.07. The summed E-state index contributed by atoms with van der Waals surface area (Å²) < 4.78 is 2.65. The lowest BCUT2D eigenvalue weighted by Crippen LogP contribution is -1.93. The third-order valence-corrected chi connectivity index (χ3v) is 6.60. The van der Waals surface area contributed by atoms with Gasteiger partial charge in [-0.05, 0) is 76.2 Å². The van der Waals surface area contributed by atoms with Crippen molar-refractivity contribution in [1.29, 1.82) is 0 Å². The van der Waals surface area contributed by atoms with E-state index in [0.717, 1.165) is 17.9 Å². The Morgan fingerprint density at radius 3 is 2.32 bits per heavy atom. The minimum absolute atomic E-state index is 0.865. The molecule has 4 rings (SSSR count). The molecule has 0 radical (unpaired) electrons. The first-order valence-corrected chi connectivity index (χ1v) is 9.48. The largest absolute Gasteiger partial charge is 0.144 e. The molecule has 3 heteroatoms. The predicted molar refractivity (Wildman–Crippen MR) is 101 cm³/mol. The Balaban J connectivity index is 1.69. The van der Waals surface area contributed by atoms with E-state index in [0.29, 0.717) is 0 Å². The van der Waals surface area contributed by atoms with Crippen molar-refractivity contribution in [2.24, 2.45) is 0 Å². The van der Waals surface area contributed by atoms with Crippen LogP contribution in [-0.2, 0) is 12.8 Å². The molecule has 0 N–H and O–H groups in total. The minimum Gasteiger partial charge on any atom is -0.144 e. The zero-order valence-electron chi connectivity index (χ0n) is 12.2. The van der Waals surface area contributed by atoms with Crippen LogP contribution in [-0.4, -0.2) is 0 Å². The van der Waals surface area contributed by atoms with Crippen molar-refractivity contribution >= 4 is 54.4 Å². The first kappa shape index (κ1) is 14.3. The van der Waals surface area contributed by atoms with E-state index in [2.05, 4.69) is 48.0 Å². The molecule has 2 aromatic heterocycles. The quantitative estimate of drug-likeness (QED) is 0.381. The summed E-state index contributed by atoms with van der Waals surface area (Å²) in [5, 5.41) is 7.90. The van der Waals surface area contributed by atoms with E-state index in [1.54, 1.807) is 11.3 Å². The van der Waals surface area contributed by atoms with Gasteiger partial charge >= 0.3 is 0 Å². The maximum atomic E-state index is 6.28. The van der Waals surface area contributed by atoms with Crippen molar-refractivity contribution < 1.29 is 0 Å². The van der Waals surface area contributed by atoms with Gasteiger partial charge in [-0.25, -0.2) is 0 Å². The summed E-state index contributed by atoms with van der Waals surface area (Å²) >= 11 is 9.86. The highest BCUT2D eigenvalue weighted by molar-refractivity contribution is 7.18. The number of rotatable bonds is 3. The Kier molecular flexibility index (Phi) is 3.69. The van der Waals surface area contributed by atoms with E-state index < -0.39 is 0 Å². The molecule has 2 heterocycles. The monoisotopic (exact) mass is 342 g/mol. The van der Waals surface area contributed by atoms with Crippen LogP contribution in [0, 0.1) is 6.92 Å². The lowest BCUT2D eigenvalue weighted by atomic mass is 9.99. The number of fused-ring (bicyclic) bond motifs is 2. The third kappa shape index (κ3) is 2.36. The van der Waals surface area contributed by atoms with Gasteiger partial charge < -0.3 is 0 Å². The fraction of sp³-hybridized carbons (Fsp3) is 0.158. The van der Waals surface area contributed by atoms with E-state index in [1.165, 1.54) is 36.9 Å². The van der Waals surface area contributed by atoms with Gasteiger partial charge in [0.15, 0.2) is 0 Å². The molecule has 0 spiro atoms. The van der Waals surface area contributed by atoms with Crippen LogP contribution in [0.4, 0.5) is 0 Å². The van der Waals surface area contributed by atoms with Crippen molar-refractivity contribution in [2.45, 2.75) is 19.8 Å². The highest BCUT2D eigenvalue weighted by atomic mass is 35.5. The summed E-state index contributed by atoms with van der Waals surface area (Å²) in [6, 6.07) is 13.2. The summed E-state index contributed by atoms with van der Waals surface area (Å²) in [5.41, 5.74) is 4.21. The van der Waals surface area contributed by atoms with Crippen LogP contribution in [0.25, 0.3) is 20.2 Å². The van der Waals surface area contributed by atoms with Gasteiger partial charge in [0.1, 0.15) is 0 Å². The van der Waals surface area contributed by atoms with E-state index >= 15 is 0 Å². The van der Waals surface area contributed by atoms with Gasteiger partial charge in [0.25, 0.3) is 0 Å². The van der Waals surface area contributed by atoms with Crippen molar-refractivity contribution in [2.75, 3.05) is 0 Å². The second-order valence-electron chi connectivity index (χ2n) is 5.57. The minimum atomic E-state index is 0.865. The second-order valence-corrected chi connectivity index (χ2v) is 7.81. The predicted octanol–water partition coefficient (Wildman–Crippen LogP) is 6.86. The SMILES string of the molecule is Cc1ccc(CCc2ccc(Cl)c3sccc23)c2sccc12. The maximum absolute atomic E-state index is 6.28. The number of hydrogen-bond donors (Lipinski definition) is 0. The summed E-state index contributed by atoms with van der Waals surface area (Å²) in [6.45, 7) is 2.19. The molecule has 0 amide bonds. The molecule has 0 atom stereocenters. The van der Waals surface area contributed by atoms with Gasteiger partial charge in [0, 0.05) is 4.70 Å². The van der Waals surface area contributed by atoms with Gasteiger partial charge in [-0.1, -0.05) is 29.8 Å². The Bertz CT molecular complexity index is 882. The first-order chi connectivity index (χ1) is 10.7. The van der Waals surface area contributed by atoms with Gasteiger partial charge in [0.05, 0.1) is 9.72 Å². The molecule has 4 aromatic rings. The highest BCUT2D eigenvalue weighted by Gasteiger charge is 2.09. The smallest absolute Gasteiger partial charge is 0.0584 e. The number of aryl methyl sites for hydroxylation is 3. The van der Waals surface area contributed by atoms with Gasteiger partial charge in [-0.3, -0.25) is 0 Å². The van der Waals surface area contributed by atoms with Crippen molar-refractivity contribution in [1.82, 2.24) is 0 Å². The lowest BCUT2D eigenvalue weighted by molar-refractivity contribution is 0.980. The van der Waals surface area contributed by atoms with E-state index in [9.17, 15) is 0 Å². The molecule has 0 nitrogen and oxygen atoms in total. The molecular formula is C19H15ClS2. The van der Waals surface area contributed by atoms with Crippen molar-refractivity contribution in [3.63, 3.8) is 0 Å². The van der Waals surface area contributed by atoms with Gasteiger partial charge in [0.2, 0.25) is 0 Å². The van der Waals surface area contributed by atoms with Crippen LogP contribution in [0.3, 0.4) is 0 Å². The Morgan fingerprint density at radius 2 is 1.45 bits per heavy atom. The van der Waals surface area contributed by atoms with E-state index in [4.69, 9.17) is 11.6 Å². The fourth-order valence-electron chi connectivity index (χ4n) is 3.03. The van der Waals surface area contributed by atoms with Gasteiger partial charge in [-0.2, -0.15) is 0 Å². The standard InChI is InChI=1S/C19H15ClS2/c1-12-2-3-14(18-15(12)8-10-21-18)5-4-13-6-7-17(20)19-16(13)9-11-22-19/h2-3,6-11H,4-5H2,1H3. The number of thiophene rings is 2. The molecule has 0 saturated heterocycles. The molecule has 110 valence electrons. The van der Waals surface area contributed by atoms with Crippen molar-refractivity contribution in [3.05, 3.63) is 68.9 Å². The zero-order chi connectivity index (χ0) is 15.1. The molecule has 0 bridgehead atoms. The molecule has 0 saturated carbocycles. The number of benzene rings is 2. The van der Waals surface area contributed by atoms with Crippen LogP contribution < -0.4 is 0 Å². The summed E-state index contributed by atoms with van der Waals surface area (Å²) in [4.78, 5) is 0. The van der Waals surface area contributed by atoms with Crippen LogP contribution >= 0.6 is 34.3 Å². The summed E-state index contributed by atoms with van der Waals surface area (Å²) in [6.07, 6.45) is 2.13. The van der Waals surface area contributed by atoms with E-state index in [1.807, 2.05) is 17.4 Å². The normalized spacial score (nSPS) is 11.5. The molecule has 0 aliphatic heterocycles. The molecule has 0 aliphatic rings. The summed E-state index contributed by atoms with van der Waals surface area (Å²) in [7, 11) is 0. The zero-order valence-corrected chi connectivity index (χ0v) is 14.6. The second kappa shape index (κ2) is 5.69. The van der Waals surface area contributed by atoms with Gasteiger partial charge in [-0.15, -0.1) is 22.7 Å². The van der Waals surface area contributed by atoms with Crippen LogP contribution in [0.2, 0.25) is 5.02 Å². The molecule has 2 aromatic carbocycles. The highest BCUT2D eigenvalue weighted by Crippen LogP contribution is 2.33. The molecule has 0 fully saturated rings. The van der Waals surface area contributed by atoms with Crippen LogP contribution in [0.15, 0.2) is 47.2 Å². The molecule has 0 aliphatic carbocycles. The molecule has 0 unspecified atom stereocenters. The van der Waals surface area contributed by atoms with Crippen LogP contribution in [0.1, 0.15) is 16.7 Å². The maximum Gasteiger partial charge on any atom is 0.0584 e. The Morgan fingerprint density at radius 1 is 0.773 bits per heavy atom. The number of hydrogen-bond acceptors (Lipinski definition) is 2. The number of halogens is 1. The molecular weight excluding hydrogens is 328 g/mol. The fourth-order valence-corrected chi connectivity index (χ4v) is 5.19. The van der Waals surface area contributed by atoms with Crippen molar-refractivity contribution in [3.8, 4) is 0 Å². The average Bonchev–Trinajstić information content (AvgIpc) is 3.18. The van der Waals surface area contributed by atoms with E-state index in [-0.39, 0.29) is 0 Å². The average molecular weight is 343 g/mol. The van der Waals surface area contributed by atoms with Crippen LogP contribution in [0.5, 0.6) is 0 Å². The Labute approximate surface area is 143 Å². The Hall–Kier alpha value is -1.35. The molecule has 22 heavy (non-hydrogen) atoms. The topological polar surface area (TPSA) is 0 Å². The summed E-state index contributed by atoms with van der Waals surface area (Å²) in [5.74, 6) is 0.